The third-order valence-corrected chi connectivity index (χ3v) is 3.24. The molecule has 0 saturated heterocycles. The number of likely N-dealkylation sites (N-methyl/N-ethyl adjacent to an activating group) is 1. The summed E-state index contributed by atoms with van der Waals surface area (Å²) in [7, 11) is 5.51. The number of carbonyl (C=O) groups excluding carboxylic acids is 1. The summed E-state index contributed by atoms with van der Waals surface area (Å²) in [6, 6.07) is 0. The molecule has 0 bridgehead atoms. The van der Waals surface area contributed by atoms with Crippen molar-refractivity contribution < 1.29 is 9.53 Å². The highest BCUT2D eigenvalue weighted by atomic mass is 16.5. The normalized spacial score (nSPS) is 14.6. The van der Waals surface area contributed by atoms with Gasteiger partial charge >= 0.3 is 5.97 Å². The van der Waals surface area contributed by atoms with Crippen molar-refractivity contribution in [3.05, 3.63) is 0 Å². The van der Waals surface area contributed by atoms with Gasteiger partial charge in [0.1, 0.15) is 5.54 Å². The van der Waals surface area contributed by atoms with E-state index in [2.05, 4.69) is 17.1 Å². The van der Waals surface area contributed by atoms with Crippen LogP contribution in [0.25, 0.3) is 0 Å². The summed E-state index contributed by atoms with van der Waals surface area (Å²) in [6.45, 7) is 5.85. The molecule has 0 aromatic carbocycles. The van der Waals surface area contributed by atoms with Crippen LogP contribution in [0.15, 0.2) is 0 Å². The Kier molecular flexibility index (Phi) is 9.02. The van der Waals surface area contributed by atoms with Crippen molar-refractivity contribution in [3.63, 3.8) is 0 Å². The quantitative estimate of drug-likeness (QED) is 0.481. The Morgan fingerprint density at radius 3 is 2.44 bits per heavy atom. The van der Waals surface area contributed by atoms with Gasteiger partial charge in [-0.05, 0) is 27.4 Å². The van der Waals surface area contributed by atoms with E-state index in [-0.39, 0.29) is 5.97 Å². The first-order valence-electron chi connectivity index (χ1n) is 6.94. The van der Waals surface area contributed by atoms with E-state index in [4.69, 9.17) is 4.74 Å². The number of hydrogen-bond donors (Lipinski definition) is 1. The molecule has 0 aromatic heterocycles. The fourth-order valence-electron chi connectivity index (χ4n) is 1.95. The second-order valence-electron chi connectivity index (χ2n) is 5.36. The van der Waals surface area contributed by atoms with Crippen LogP contribution in [0.4, 0.5) is 0 Å². The summed E-state index contributed by atoms with van der Waals surface area (Å²) in [5.41, 5.74) is -0.543. The number of ether oxygens (including phenoxy) is 1. The molecule has 0 amide bonds. The Bertz CT molecular complexity index is 232. The van der Waals surface area contributed by atoms with Gasteiger partial charge in [0.2, 0.25) is 0 Å². The summed E-state index contributed by atoms with van der Waals surface area (Å²) in [5.74, 6) is -0.155. The Balaban J connectivity index is 4.20. The monoisotopic (exact) mass is 258 g/mol. The second kappa shape index (κ2) is 9.34. The molecule has 0 aliphatic heterocycles. The largest absolute Gasteiger partial charge is 0.468 e. The van der Waals surface area contributed by atoms with Gasteiger partial charge in [0.25, 0.3) is 0 Å². The molecule has 0 aliphatic rings. The molecule has 18 heavy (non-hydrogen) atoms. The molecular formula is C14H30N2O2. The van der Waals surface area contributed by atoms with E-state index < -0.39 is 5.54 Å². The molecule has 1 N–H and O–H groups in total. The SMILES string of the molecule is CCCCCCC(C)(NCCN(C)C)C(=O)OC. The van der Waals surface area contributed by atoms with Crippen molar-refractivity contribution in [1.82, 2.24) is 10.2 Å². The van der Waals surface area contributed by atoms with Crippen LogP contribution >= 0.6 is 0 Å². The Morgan fingerprint density at radius 2 is 1.94 bits per heavy atom. The molecule has 0 saturated carbocycles. The number of nitrogens with one attached hydrogen (secondary N) is 1. The molecule has 0 spiro atoms. The highest BCUT2D eigenvalue weighted by Gasteiger charge is 2.32. The molecule has 0 rings (SSSR count). The lowest BCUT2D eigenvalue weighted by atomic mass is 9.94. The molecule has 0 radical (unpaired) electrons. The topological polar surface area (TPSA) is 41.6 Å². The lowest BCUT2D eigenvalue weighted by molar-refractivity contribution is -0.148. The Hall–Kier alpha value is -0.610. The molecule has 0 aliphatic carbocycles. The maximum absolute atomic E-state index is 11.9. The third-order valence-electron chi connectivity index (χ3n) is 3.24. The van der Waals surface area contributed by atoms with E-state index in [0.29, 0.717) is 0 Å². The summed E-state index contributed by atoms with van der Waals surface area (Å²) in [6.07, 6.45) is 5.53. The molecule has 1 atom stereocenters. The van der Waals surface area contributed by atoms with E-state index in [1.54, 1.807) is 0 Å². The number of hydrogen-bond acceptors (Lipinski definition) is 4. The summed E-state index contributed by atoms with van der Waals surface area (Å²) in [4.78, 5) is 14.0. The van der Waals surface area contributed by atoms with Crippen LogP contribution in [-0.2, 0) is 9.53 Å². The number of esters is 1. The van der Waals surface area contributed by atoms with Crippen LogP contribution in [0.3, 0.4) is 0 Å². The predicted molar refractivity (Wildman–Crippen MR) is 75.7 cm³/mol. The molecule has 4 nitrogen and oxygen atoms in total. The van der Waals surface area contributed by atoms with Crippen LogP contribution in [-0.4, -0.2) is 50.7 Å². The van der Waals surface area contributed by atoms with Crippen LogP contribution in [0.5, 0.6) is 0 Å². The van der Waals surface area contributed by atoms with Crippen molar-refractivity contribution in [2.24, 2.45) is 0 Å². The summed E-state index contributed by atoms with van der Waals surface area (Å²) < 4.78 is 4.91. The lowest BCUT2D eigenvalue weighted by Crippen LogP contribution is -2.51. The van der Waals surface area contributed by atoms with Gasteiger partial charge in [-0.2, -0.15) is 0 Å². The zero-order valence-electron chi connectivity index (χ0n) is 12.7. The van der Waals surface area contributed by atoms with Gasteiger partial charge in [-0.25, -0.2) is 0 Å². The standard InChI is InChI=1S/C14H30N2O2/c1-6-7-8-9-10-14(2,13(17)18-5)15-11-12-16(3)4/h15H,6-12H2,1-5H3. The molecule has 1 unspecified atom stereocenters. The first-order valence-corrected chi connectivity index (χ1v) is 6.94. The minimum absolute atomic E-state index is 0.155. The van der Waals surface area contributed by atoms with Crippen molar-refractivity contribution in [3.8, 4) is 0 Å². The van der Waals surface area contributed by atoms with Crippen LogP contribution < -0.4 is 5.32 Å². The molecule has 0 aromatic rings. The van der Waals surface area contributed by atoms with Gasteiger partial charge < -0.3 is 15.0 Å². The van der Waals surface area contributed by atoms with Gasteiger partial charge in [0, 0.05) is 13.1 Å². The summed E-state index contributed by atoms with van der Waals surface area (Å²) in [5, 5.41) is 3.34. The van der Waals surface area contributed by atoms with Crippen LogP contribution in [0, 0.1) is 0 Å². The first-order chi connectivity index (χ1) is 8.46. The first kappa shape index (κ1) is 17.4. The van der Waals surface area contributed by atoms with E-state index in [0.717, 1.165) is 25.9 Å². The second-order valence-corrected chi connectivity index (χ2v) is 5.36. The van der Waals surface area contributed by atoms with Crippen LogP contribution in [0.2, 0.25) is 0 Å². The van der Waals surface area contributed by atoms with E-state index in [1.165, 1.54) is 26.4 Å². The van der Waals surface area contributed by atoms with E-state index in [9.17, 15) is 4.79 Å². The molecular weight excluding hydrogens is 228 g/mol. The predicted octanol–water partition coefficient (Wildman–Crippen LogP) is 2.04. The Labute approximate surface area is 112 Å². The van der Waals surface area contributed by atoms with Gasteiger partial charge in [0.15, 0.2) is 0 Å². The number of methoxy groups -OCH3 is 1. The smallest absolute Gasteiger partial charge is 0.325 e. The Morgan fingerprint density at radius 1 is 1.28 bits per heavy atom. The van der Waals surface area contributed by atoms with Crippen molar-refractivity contribution in [2.45, 2.75) is 51.5 Å². The fraction of sp³-hybridized carbons (Fsp3) is 0.929. The van der Waals surface area contributed by atoms with Gasteiger partial charge in [-0.3, -0.25) is 4.79 Å². The number of carbonyl (C=O) groups is 1. The molecule has 108 valence electrons. The average molecular weight is 258 g/mol. The summed E-state index contributed by atoms with van der Waals surface area (Å²) >= 11 is 0. The zero-order chi connectivity index (χ0) is 14.0. The zero-order valence-corrected chi connectivity index (χ0v) is 12.7. The average Bonchev–Trinajstić information content (AvgIpc) is 2.33. The van der Waals surface area contributed by atoms with Crippen molar-refractivity contribution >= 4 is 5.97 Å². The minimum Gasteiger partial charge on any atom is -0.468 e. The third kappa shape index (κ3) is 6.97. The number of nitrogens with zero attached hydrogens (tertiary/aromatic N) is 1. The van der Waals surface area contributed by atoms with E-state index >= 15 is 0 Å². The number of rotatable bonds is 10. The minimum atomic E-state index is -0.543. The maximum atomic E-state index is 11.9. The van der Waals surface area contributed by atoms with Gasteiger partial charge in [-0.1, -0.05) is 32.6 Å². The molecule has 0 heterocycles. The molecule has 4 heteroatoms. The lowest BCUT2D eigenvalue weighted by Gasteiger charge is -2.28. The van der Waals surface area contributed by atoms with Crippen LogP contribution in [0.1, 0.15) is 46.0 Å². The maximum Gasteiger partial charge on any atom is 0.325 e. The van der Waals surface area contributed by atoms with Gasteiger partial charge in [-0.15, -0.1) is 0 Å². The van der Waals surface area contributed by atoms with E-state index in [1.807, 2.05) is 21.0 Å². The highest BCUT2D eigenvalue weighted by molar-refractivity contribution is 5.80. The number of unbranched alkanes of at least 4 members (excludes halogenated alkanes) is 3. The van der Waals surface area contributed by atoms with Crippen molar-refractivity contribution in [1.29, 1.82) is 0 Å². The fourth-order valence-corrected chi connectivity index (χ4v) is 1.95. The van der Waals surface area contributed by atoms with Gasteiger partial charge in [0.05, 0.1) is 7.11 Å². The molecule has 0 fully saturated rings. The van der Waals surface area contributed by atoms with Crippen molar-refractivity contribution in [2.75, 3.05) is 34.3 Å². The highest BCUT2D eigenvalue weighted by Crippen LogP contribution is 2.17.